The summed E-state index contributed by atoms with van der Waals surface area (Å²) in [5.74, 6) is 0.657. The maximum absolute atomic E-state index is 5.64. The van der Waals surface area contributed by atoms with Crippen molar-refractivity contribution in [1.82, 2.24) is 0 Å². The van der Waals surface area contributed by atoms with Crippen LogP contribution < -0.4 is 5.73 Å². The second kappa shape index (κ2) is 5.82. The summed E-state index contributed by atoms with van der Waals surface area (Å²) in [6.07, 6.45) is 3.59. The molecule has 1 aromatic carbocycles. The summed E-state index contributed by atoms with van der Waals surface area (Å²) in [6, 6.07) is 8.80. The van der Waals surface area contributed by atoms with Crippen LogP contribution in [0.15, 0.2) is 24.3 Å². The Morgan fingerprint density at radius 1 is 1.29 bits per heavy atom. The molecule has 2 N–H and O–H groups in total. The standard InChI is InChI=1S/C13H21N/c1-3-5-12(8-9-14)13-7-4-6-11(2)10-13/h4,6-7,10,12H,3,5,8-9,14H2,1-2H3. The van der Waals surface area contributed by atoms with Crippen LogP contribution in [-0.4, -0.2) is 6.54 Å². The van der Waals surface area contributed by atoms with Gasteiger partial charge in [0.1, 0.15) is 0 Å². The number of hydrogen-bond donors (Lipinski definition) is 1. The van der Waals surface area contributed by atoms with Gasteiger partial charge in [-0.3, -0.25) is 0 Å². The Labute approximate surface area is 87.3 Å². The molecule has 0 heterocycles. The third kappa shape index (κ3) is 3.15. The molecule has 0 aliphatic heterocycles. The quantitative estimate of drug-likeness (QED) is 0.759. The molecule has 1 heteroatoms. The van der Waals surface area contributed by atoms with Gasteiger partial charge in [-0.25, -0.2) is 0 Å². The molecule has 1 unspecified atom stereocenters. The Hall–Kier alpha value is -0.820. The monoisotopic (exact) mass is 191 g/mol. The van der Waals surface area contributed by atoms with Crippen molar-refractivity contribution >= 4 is 0 Å². The lowest BCUT2D eigenvalue weighted by atomic mass is 9.91. The molecule has 0 spiro atoms. The molecule has 0 saturated carbocycles. The number of nitrogens with two attached hydrogens (primary N) is 1. The highest BCUT2D eigenvalue weighted by atomic mass is 14.5. The van der Waals surface area contributed by atoms with Gasteiger partial charge in [-0.15, -0.1) is 0 Å². The molecular formula is C13H21N. The minimum atomic E-state index is 0.657. The van der Waals surface area contributed by atoms with Crippen molar-refractivity contribution in [1.29, 1.82) is 0 Å². The first-order chi connectivity index (χ1) is 6.77. The molecule has 0 aromatic heterocycles. The van der Waals surface area contributed by atoms with Crippen molar-refractivity contribution < 1.29 is 0 Å². The fourth-order valence-electron chi connectivity index (χ4n) is 1.95. The minimum absolute atomic E-state index is 0.657. The Bertz CT molecular complexity index is 262. The topological polar surface area (TPSA) is 26.0 Å². The van der Waals surface area contributed by atoms with Crippen LogP contribution in [-0.2, 0) is 0 Å². The SMILES string of the molecule is CCCC(CCN)c1cccc(C)c1. The summed E-state index contributed by atoms with van der Waals surface area (Å²) >= 11 is 0. The third-order valence-corrected chi connectivity index (χ3v) is 2.67. The molecule has 1 nitrogen and oxygen atoms in total. The molecule has 0 bridgehead atoms. The lowest BCUT2D eigenvalue weighted by Crippen LogP contribution is -2.07. The minimum Gasteiger partial charge on any atom is -0.330 e. The first-order valence-electron chi connectivity index (χ1n) is 5.54. The van der Waals surface area contributed by atoms with Gasteiger partial charge in [-0.2, -0.15) is 0 Å². The summed E-state index contributed by atoms with van der Waals surface area (Å²) in [5, 5.41) is 0. The summed E-state index contributed by atoms with van der Waals surface area (Å²) < 4.78 is 0. The zero-order valence-corrected chi connectivity index (χ0v) is 9.29. The number of benzene rings is 1. The van der Waals surface area contributed by atoms with E-state index in [2.05, 4.69) is 38.1 Å². The molecule has 1 aromatic rings. The van der Waals surface area contributed by atoms with Crippen molar-refractivity contribution in [3.63, 3.8) is 0 Å². The lowest BCUT2D eigenvalue weighted by Gasteiger charge is -2.15. The predicted molar refractivity (Wildman–Crippen MR) is 62.5 cm³/mol. The molecule has 14 heavy (non-hydrogen) atoms. The fraction of sp³-hybridized carbons (Fsp3) is 0.538. The van der Waals surface area contributed by atoms with E-state index in [1.165, 1.54) is 24.0 Å². The molecule has 78 valence electrons. The molecule has 1 atom stereocenters. The summed E-state index contributed by atoms with van der Waals surface area (Å²) in [6.45, 7) is 5.17. The maximum atomic E-state index is 5.64. The van der Waals surface area contributed by atoms with E-state index in [0.717, 1.165) is 13.0 Å². The van der Waals surface area contributed by atoms with Crippen LogP contribution >= 0.6 is 0 Å². The Balaban J connectivity index is 2.75. The number of rotatable bonds is 5. The van der Waals surface area contributed by atoms with Crippen LogP contribution in [0.4, 0.5) is 0 Å². The molecular weight excluding hydrogens is 170 g/mol. The van der Waals surface area contributed by atoms with Gasteiger partial charge in [0.05, 0.1) is 0 Å². The Kier molecular flexibility index (Phi) is 4.68. The van der Waals surface area contributed by atoms with Gasteiger partial charge >= 0.3 is 0 Å². The van der Waals surface area contributed by atoms with Crippen molar-refractivity contribution in [3.05, 3.63) is 35.4 Å². The highest BCUT2D eigenvalue weighted by Gasteiger charge is 2.09. The van der Waals surface area contributed by atoms with Gasteiger partial charge in [0.15, 0.2) is 0 Å². The first-order valence-corrected chi connectivity index (χ1v) is 5.54. The van der Waals surface area contributed by atoms with Crippen molar-refractivity contribution in [3.8, 4) is 0 Å². The van der Waals surface area contributed by atoms with E-state index in [-0.39, 0.29) is 0 Å². The van der Waals surface area contributed by atoms with Crippen LogP contribution in [0.5, 0.6) is 0 Å². The van der Waals surface area contributed by atoms with E-state index < -0.39 is 0 Å². The van der Waals surface area contributed by atoms with Crippen molar-refractivity contribution in [2.45, 2.75) is 39.0 Å². The molecule has 0 amide bonds. The van der Waals surface area contributed by atoms with Crippen LogP contribution in [0.2, 0.25) is 0 Å². The van der Waals surface area contributed by atoms with Gasteiger partial charge in [0, 0.05) is 0 Å². The zero-order chi connectivity index (χ0) is 10.4. The Morgan fingerprint density at radius 3 is 2.64 bits per heavy atom. The normalized spacial score (nSPS) is 12.8. The lowest BCUT2D eigenvalue weighted by molar-refractivity contribution is 0.575. The van der Waals surface area contributed by atoms with Crippen LogP contribution in [0.3, 0.4) is 0 Å². The molecule has 1 rings (SSSR count). The average Bonchev–Trinajstić information content (AvgIpc) is 2.17. The highest BCUT2D eigenvalue weighted by molar-refractivity contribution is 5.25. The molecule has 0 aliphatic rings. The van der Waals surface area contributed by atoms with Crippen LogP contribution in [0.25, 0.3) is 0 Å². The van der Waals surface area contributed by atoms with E-state index in [0.29, 0.717) is 5.92 Å². The van der Waals surface area contributed by atoms with Gasteiger partial charge in [-0.05, 0) is 37.8 Å². The molecule has 0 saturated heterocycles. The van der Waals surface area contributed by atoms with E-state index >= 15 is 0 Å². The van der Waals surface area contributed by atoms with E-state index in [1.807, 2.05) is 0 Å². The molecule has 0 radical (unpaired) electrons. The Morgan fingerprint density at radius 2 is 2.07 bits per heavy atom. The zero-order valence-electron chi connectivity index (χ0n) is 9.29. The smallest absolute Gasteiger partial charge is 0.00714 e. The largest absolute Gasteiger partial charge is 0.330 e. The molecule has 0 fully saturated rings. The summed E-state index contributed by atoms with van der Waals surface area (Å²) in [5.41, 5.74) is 8.44. The van der Waals surface area contributed by atoms with Gasteiger partial charge in [0.2, 0.25) is 0 Å². The van der Waals surface area contributed by atoms with Gasteiger partial charge in [-0.1, -0.05) is 43.2 Å². The summed E-state index contributed by atoms with van der Waals surface area (Å²) in [4.78, 5) is 0. The van der Waals surface area contributed by atoms with E-state index in [4.69, 9.17) is 5.73 Å². The van der Waals surface area contributed by atoms with Crippen molar-refractivity contribution in [2.75, 3.05) is 6.54 Å². The second-order valence-corrected chi connectivity index (χ2v) is 3.98. The highest BCUT2D eigenvalue weighted by Crippen LogP contribution is 2.24. The second-order valence-electron chi connectivity index (χ2n) is 3.98. The maximum Gasteiger partial charge on any atom is -0.00714 e. The fourth-order valence-corrected chi connectivity index (χ4v) is 1.95. The first kappa shape index (κ1) is 11.3. The van der Waals surface area contributed by atoms with Gasteiger partial charge in [0.25, 0.3) is 0 Å². The number of aryl methyl sites for hydroxylation is 1. The molecule has 0 aliphatic carbocycles. The van der Waals surface area contributed by atoms with Gasteiger partial charge < -0.3 is 5.73 Å². The predicted octanol–water partition coefficient (Wildman–Crippen LogP) is 3.23. The van der Waals surface area contributed by atoms with Crippen LogP contribution in [0.1, 0.15) is 43.2 Å². The van der Waals surface area contributed by atoms with Crippen molar-refractivity contribution in [2.24, 2.45) is 5.73 Å². The number of hydrogen-bond acceptors (Lipinski definition) is 1. The van der Waals surface area contributed by atoms with E-state index in [1.54, 1.807) is 0 Å². The van der Waals surface area contributed by atoms with E-state index in [9.17, 15) is 0 Å². The average molecular weight is 191 g/mol. The van der Waals surface area contributed by atoms with Crippen LogP contribution in [0, 0.1) is 6.92 Å². The summed E-state index contributed by atoms with van der Waals surface area (Å²) in [7, 11) is 0. The third-order valence-electron chi connectivity index (χ3n) is 2.67.